The highest BCUT2D eigenvalue weighted by atomic mass is 127. The first-order chi connectivity index (χ1) is 10.7. The van der Waals surface area contributed by atoms with E-state index in [9.17, 15) is 0 Å². The van der Waals surface area contributed by atoms with E-state index in [4.69, 9.17) is 4.42 Å². The molecular weight excluding hydrogens is 403 g/mol. The van der Waals surface area contributed by atoms with E-state index in [1.807, 2.05) is 12.1 Å². The van der Waals surface area contributed by atoms with Gasteiger partial charge in [0.05, 0.1) is 6.26 Å². The molecule has 0 radical (unpaired) electrons. The van der Waals surface area contributed by atoms with Gasteiger partial charge in [0.15, 0.2) is 5.96 Å². The first-order valence-corrected chi connectivity index (χ1v) is 8.47. The number of hydrogen-bond donors (Lipinski definition) is 2. The molecule has 2 heterocycles. The number of nitrogens with zero attached hydrogens (tertiary/aromatic N) is 2. The maximum atomic E-state index is 5.33. The lowest BCUT2D eigenvalue weighted by atomic mass is 10.1. The lowest BCUT2D eigenvalue weighted by molar-refractivity contribution is 0.226. The molecule has 1 aliphatic rings. The predicted octanol–water partition coefficient (Wildman–Crippen LogP) is 3.07. The van der Waals surface area contributed by atoms with Crippen LogP contribution in [0.5, 0.6) is 0 Å². The quantitative estimate of drug-likeness (QED) is 0.394. The van der Waals surface area contributed by atoms with Gasteiger partial charge in [-0.1, -0.05) is 13.8 Å². The molecule has 132 valence electrons. The number of furan rings is 1. The summed E-state index contributed by atoms with van der Waals surface area (Å²) in [7, 11) is 0. The van der Waals surface area contributed by atoms with Gasteiger partial charge in [0.1, 0.15) is 12.3 Å². The van der Waals surface area contributed by atoms with Crippen molar-refractivity contribution in [2.75, 3.05) is 26.2 Å². The van der Waals surface area contributed by atoms with E-state index < -0.39 is 0 Å². The SMILES string of the molecule is CCNC(=NCc1ccco1)NC[C@H]1CCCN1CC(C)C.I. The van der Waals surface area contributed by atoms with Gasteiger partial charge in [-0.05, 0) is 44.4 Å². The maximum absolute atomic E-state index is 5.33. The highest BCUT2D eigenvalue weighted by molar-refractivity contribution is 14.0. The number of rotatable bonds is 7. The third-order valence-corrected chi connectivity index (χ3v) is 3.92. The molecule has 23 heavy (non-hydrogen) atoms. The Labute approximate surface area is 157 Å². The Morgan fingerprint density at radius 3 is 2.91 bits per heavy atom. The first-order valence-electron chi connectivity index (χ1n) is 8.47. The minimum Gasteiger partial charge on any atom is -0.467 e. The van der Waals surface area contributed by atoms with Crippen LogP contribution in [-0.2, 0) is 6.54 Å². The van der Waals surface area contributed by atoms with Gasteiger partial charge in [0, 0.05) is 25.7 Å². The van der Waals surface area contributed by atoms with Crippen LogP contribution in [0.3, 0.4) is 0 Å². The van der Waals surface area contributed by atoms with Crippen molar-refractivity contribution >= 4 is 29.9 Å². The molecule has 1 aromatic heterocycles. The zero-order valence-corrected chi connectivity index (χ0v) is 16.9. The summed E-state index contributed by atoms with van der Waals surface area (Å²) < 4.78 is 5.33. The van der Waals surface area contributed by atoms with Gasteiger partial charge in [-0.3, -0.25) is 4.90 Å². The Hall–Kier alpha value is -0.760. The molecule has 0 aromatic carbocycles. The molecular formula is C17H31IN4O. The van der Waals surface area contributed by atoms with Crippen molar-refractivity contribution in [1.29, 1.82) is 0 Å². The Morgan fingerprint density at radius 1 is 1.43 bits per heavy atom. The second-order valence-electron chi connectivity index (χ2n) is 6.34. The van der Waals surface area contributed by atoms with E-state index >= 15 is 0 Å². The van der Waals surface area contributed by atoms with Gasteiger partial charge in [0.25, 0.3) is 0 Å². The van der Waals surface area contributed by atoms with Gasteiger partial charge in [-0.2, -0.15) is 0 Å². The summed E-state index contributed by atoms with van der Waals surface area (Å²) in [6, 6.07) is 4.47. The van der Waals surface area contributed by atoms with Crippen LogP contribution in [0.1, 0.15) is 39.4 Å². The molecule has 1 aromatic rings. The zero-order chi connectivity index (χ0) is 15.8. The van der Waals surface area contributed by atoms with Crippen LogP contribution in [0.4, 0.5) is 0 Å². The van der Waals surface area contributed by atoms with Crippen molar-refractivity contribution < 1.29 is 4.42 Å². The fraction of sp³-hybridized carbons (Fsp3) is 0.706. The van der Waals surface area contributed by atoms with Crippen molar-refractivity contribution in [1.82, 2.24) is 15.5 Å². The van der Waals surface area contributed by atoms with Crippen molar-refractivity contribution in [3.63, 3.8) is 0 Å². The predicted molar refractivity (Wildman–Crippen MR) is 106 cm³/mol. The van der Waals surface area contributed by atoms with Gasteiger partial charge in [-0.25, -0.2) is 4.99 Å². The zero-order valence-electron chi connectivity index (χ0n) is 14.5. The second-order valence-corrected chi connectivity index (χ2v) is 6.34. The summed E-state index contributed by atoms with van der Waals surface area (Å²) in [5, 5.41) is 6.79. The van der Waals surface area contributed by atoms with E-state index in [0.717, 1.165) is 30.7 Å². The molecule has 1 atom stereocenters. The summed E-state index contributed by atoms with van der Waals surface area (Å²) in [5.74, 6) is 2.48. The first kappa shape index (κ1) is 20.3. The molecule has 1 fully saturated rings. The summed E-state index contributed by atoms with van der Waals surface area (Å²) >= 11 is 0. The molecule has 0 unspecified atom stereocenters. The molecule has 2 N–H and O–H groups in total. The lowest BCUT2D eigenvalue weighted by Crippen LogP contribution is -2.45. The summed E-state index contributed by atoms with van der Waals surface area (Å²) in [6.07, 6.45) is 4.27. The average molecular weight is 434 g/mol. The van der Waals surface area contributed by atoms with Gasteiger partial charge < -0.3 is 15.1 Å². The van der Waals surface area contributed by atoms with E-state index in [2.05, 4.69) is 41.3 Å². The van der Waals surface area contributed by atoms with Crippen molar-refractivity contribution in [2.45, 2.75) is 46.2 Å². The number of aliphatic imine (C=N–C) groups is 1. The maximum Gasteiger partial charge on any atom is 0.191 e. The van der Waals surface area contributed by atoms with Crippen LogP contribution in [0.2, 0.25) is 0 Å². The number of hydrogen-bond acceptors (Lipinski definition) is 3. The summed E-state index contributed by atoms with van der Waals surface area (Å²) in [4.78, 5) is 7.19. The van der Waals surface area contributed by atoms with Crippen LogP contribution in [-0.4, -0.2) is 43.1 Å². The standard InChI is InChI=1S/C17H30N4O.HI/c1-4-18-17(20-12-16-8-6-10-22-16)19-11-15-7-5-9-21(15)13-14(2)3;/h6,8,10,14-15H,4-5,7,9,11-13H2,1-3H3,(H2,18,19,20);1H/t15-;/m1./s1. The summed E-state index contributed by atoms with van der Waals surface area (Å²) in [6.45, 7) is 11.5. The minimum absolute atomic E-state index is 0. The Kier molecular flexibility index (Phi) is 9.62. The average Bonchev–Trinajstić information content (AvgIpc) is 3.13. The van der Waals surface area contributed by atoms with E-state index in [1.54, 1.807) is 6.26 Å². The molecule has 0 aliphatic carbocycles. The minimum atomic E-state index is 0. The molecule has 5 nitrogen and oxygen atoms in total. The van der Waals surface area contributed by atoms with Crippen LogP contribution in [0.15, 0.2) is 27.8 Å². The van der Waals surface area contributed by atoms with Gasteiger partial charge in [-0.15, -0.1) is 24.0 Å². The molecule has 1 saturated heterocycles. The smallest absolute Gasteiger partial charge is 0.191 e. The van der Waals surface area contributed by atoms with Crippen LogP contribution in [0, 0.1) is 5.92 Å². The van der Waals surface area contributed by atoms with E-state index in [-0.39, 0.29) is 24.0 Å². The largest absolute Gasteiger partial charge is 0.467 e. The monoisotopic (exact) mass is 434 g/mol. The topological polar surface area (TPSA) is 52.8 Å². The molecule has 0 saturated carbocycles. The van der Waals surface area contributed by atoms with Crippen molar-refractivity contribution in [2.24, 2.45) is 10.9 Å². The highest BCUT2D eigenvalue weighted by Crippen LogP contribution is 2.17. The highest BCUT2D eigenvalue weighted by Gasteiger charge is 2.24. The normalized spacial score (nSPS) is 19.0. The second kappa shape index (κ2) is 10.9. The molecule has 6 heteroatoms. The van der Waals surface area contributed by atoms with Crippen LogP contribution in [0.25, 0.3) is 0 Å². The van der Waals surface area contributed by atoms with Crippen LogP contribution < -0.4 is 10.6 Å². The summed E-state index contributed by atoms with van der Waals surface area (Å²) in [5.41, 5.74) is 0. The molecule has 0 amide bonds. The Morgan fingerprint density at radius 2 is 2.26 bits per heavy atom. The van der Waals surface area contributed by atoms with Gasteiger partial charge >= 0.3 is 0 Å². The Bertz CT molecular complexity index is 447. The molecule has 0 spiro atoms. The van der Waals surface area contributed by atoms with Crippen molar-refractivity contribution in [3.05, 3.63) is 24.2 Å². The molecule has 1 aliphatic heterocycles. The molecule has 0 bridgehead atoms. The third-order valence-electron chi connectivity index (χ3n) is 3.92. The number of nitrogens with one attached hydrogen (secondary N) is 2. The van der Waals surface area contributed by atoms with Gasteiger partial charge in [0.2, 0.25) is 0 Å². The number of guanidine groups is 1. The fourth-order valence-electron chi connectivity index (χ4n) is 2.95. The third kappa shape index (κ3) is 7.12. The fourth-order valence-corrected chi connectivity index (χ4v) is 2.95. The lowest BCUT2D eigenvalue weighted by Gasteiger charge is -2.27. The van der Waals surface area contributed by atoms with E-state index in [0.29, 0.717) is 12.6 Å². The number of halogens is 1. The van der Waals surface area contributed by atoms with Crippen LogP contribution >= 0.6 is 24.0 Å². The van der Waals surface area contributed by atoms with E-state index in [1.165, 1.54) is 25.9 Å². The van der Waals surface area contributed by atoms with Crippen molar-refractivity contribution in [3.8, 4) is 0 Å². The number of likely N-dealkylation sites (tertiary alicyclic amines) is 1. The Balaban J connectivity index is 0.00000264. The molecule has 2 rings (SSSR count).